The molecule has 0 aromatic heterocycles. The average Bonchev–Trinajstić information content (AvgIpc) is 3.05. The zero-order valence-corrected chi connectivity index (χ0v) is 13.5. The van der Waals surface area contributed by atoms with Gasteiger partial charge >= 0.3 is 0 Å². The van der Waals surface area contributed by atoms with Crippen LogP contribution in [-0.4, -0.2) is 75.4 Å². The Hall–Kier alpha value is -1.18. The summed E-state index contributed by atoms with van der Waals surface area (Å²) in [5.74, 6) is -0.0169. The lowest BCUT2D eigenvalue weighted by molar-refractivity contribution is -0.145. The van der Waals surface area contributed by atoms with Crippen molar-refractivity contribution >= 4 is 11.8 Å². The Labute approximate surface area is 131 Å². The molecule has 2 fully saturated rings. The third-order valence-corrected chi connectivity index (χ3v) is 4.68. The number of methoxy groups -OCH3 is 1. The van der Waals surface area contributed by atoms with Crippen LogP contribution >= 0.6 is 0 Å². The van der Waals surface area contributed by atoms with E-state index in [-0.39, 0.29) is 17.9 Å². The first-order valence-electron chi connectivity index (χ1n) is 7.99. The zero-order chi connectivity index (χ0) is 16.0. The van der Waals surface area contributed by atoms with Crippen molar-refractivity contribution in [1.82, 2.24) is 15.5 Å². The highest BCUT2D eigenvalue weighted by atomic mass is 16.5. The van der Waals surface area contributed by atoms with E-state index in [4.69, 9.17) is 9.47 Å². The summed E-state index contributed by atoms with van der Waals surface area (Å²) in [6, 6.07) is -0.243. The van der Waals surface area contributed by atoms with Crippen molar-refractivity contribution in [3.05, 3.63) is 0 Å². The Morgan fingerprint density at radius 2 is 2.09 bits per heavy atom. The summed E-state index contributed by atoms with van der Waals surface area (Å²) in [5.41, 5.74) is -0.618. The van der Waals surface area contributed by atoms with Crippen molar-refractivity contribution in [3.63, 3.8) is 0 Å². The van der Waals surface area contributed by atoms with Gasteiger partial charge in [-0.3, -0.25) is 14.5 Å². The second-order valence-corrected chi connectivity index (χ2v) is 5.86. The zero-order valence-electron chi connectivity index (χ0n) is 13.5. The molecule has 2 N–H and O–H groups in total. The molecule has 1 atom stereocenters. The molecule has 0 aromatic carbocycles. The molecule has 2 aliphatic heterocycles. The SMILES string of the molecule is CNC(=O)C1(N2CCC[C@H]2C(=O)NCCOC)CCOCC1. The summed E-state index contributed by atoms with van der Waals surface area (Å²) < 4.78 is 10.4. The second-order valence-electron chi connectivity index (χ2n) is 5.86. The van der Waals surface area contributed by atoms with E-state index >= 15 is 0 Å². The van der Waals surface area contributed by atoms with E-state index in [1.165, 1.54) is 0 Å². The highest BCUT2D eigenvalue weighted by Crippen LogP contribution is 2.35. The molecule has 2 rings (SSSR count). The van der Waals surface area contributed by atoms with Gasteiger partial charge in [-0.25, -0.2) is 0 Å². The minimum Gasteiger partial charge on any atom is -0.383 e. The molecule has 7 heteroatoms. The van der Waals surface area contributed by atoms with Gasteiger partial charge in [-0.05, 0) is 25.7 Å². The second kappa shape index (κ2) is 7.89. The first-order valence-corrected chi connectivity index (χ1v) is 7.99. The van der Waals surface area contributed by atoms with Gasteiger partial charge in [0.1, 0.15) is 5.54 Å². The molecular formula is C15H27N3O4. The van der Waals surface area contributed by atoms with E-state index in [0.717, 1.165) is 19.4 Å². The van der Waals surface area contributed by atoms with Crippen molar-refractivity contribution in [2.75, 3.05) is 47.1 Å². The largest absolute Gasteiger partial charge is 0.383 e. The van der Waals surface area contributed by atoms with Crippen molar-refractivity contribution in [3.8, 4) is 0 Å². The number of likely N-dealkylation sites (tertiary alicyclic amines) is 1. The Morgan fingerprint density at radius 3 is 2.73 bits per heavy atom. The number of nitrogens with zero attached hydrogens (tertiary/aromatic N) is 1. The van der Waals surface area contributed by atoms with Crippen LogP contribution in [0.3, 0.4) is 0 Å². The van der Waals surface area contributed by atoms with E-state index in [1.807, 2.05) is 0 Å². The maximum absolute atomic E-state index is 12.5. The Bertz CT molecular complexity index is 396. The minimum atomic E-state index is -0.618. The van der Waals surface area contributed by atoms with Gasteiger partial charge in [-0.1, -0.05) is 0 Å². The summed E-state index contributed by atoms with van der Waals surface area (Å²) in [5, 5.41) is 5.68. The average molecular weight is 313 g/mol. The summed E-state index contributed by atoms with van der Waals surface area (Å²) in [6.45, 7) is 2.88. The van der Waals surface area contributed by atoms with E-state index in [1.54, 1.807) is 14.2 Å². The Balaban J connectivity index is 2.12. The predicted octanol–water partition coefficient (Wildman–Crippen LogP) is -0.491. The van der Waals surface area contributed by atoms with Gasteiger partial charge in [-0.15, -0.1) is 0 Å². The number of carbonyl (C=O) groups excluding carboxylic acids is 2. The fourth-order valence-electron chi connectivity index (χ4n) is 3.53. The first kappa shape index (κ1) is 17.2. The normalized spacial score (nSPS) is 24.9. The summed E-state index contributed by atoms with van der Waals surface area (Å²) >= 11 is 0. The van der Waals surface area contributed by atoms with Gasteiger partial charge in [0.15, 0.2) is 0 Å². The minimum absolute atomic E-state index is 0.00704. The van der Waals surface area contributed by atoms with Crippen LogP contribution in [0.1, 0.15) is 25.7 Å². The predicted molar refractivity (Wildman–Crippen MR) is 81.5 cm³/mol. The van der Waals surface area contributed by atoms with Crippen LogP contribution < -0.4 is 10.6 Å². The van der Waals surface area contributed by atoms with E-state index in [2.05, 4.69) is 15.5 Å². The molecule has 0 radical (unpaired) electrons. The lowest BCUT2D eigenvalue weighted by Gasteiger charge is -2.45. The lowest BCUT2D eigenvalue weighted by Crippen LogP contribution is -2.64. The van der Waals surface area contributed by atoms with Crippen LogP contribution in [0.15, 0.2) is 0 Å². The third kappa shape index (κ3) is 3.42. The van der Waals surface area contributed by atoms with Crippen LogP contribution in [0.5, 0.6) is 0 Å². The first-order chi connectivity index (χ1) is 10.7. The Kier molecular flexibility index (Phi) is 6.16. The van der Waals surface area contributed by atoms with Crippen LogP contribution in [0.4, 0.5) is 0 Å². The number of carbonyl (C=O) groups is 2. The van der Waals surface area contributed by atoms with Crippen molar-refractivity contribution in [1.29, 1.82) is 0 Å². The van der Waals surface area contributed by atoms with Gasteiger partial charge in [0.05, 0.1) is 12.6 Å². The van der Waals surface area contributed by atoms with Gasteiger partial charge < -0.3 is 20.1 Å². The molecule has 0 aromatic rings. The highest BCUT2D eigenvalue weighted by Gasteiger charge is 2.50. The Morgan fingerprint density at radius 1 is 1.36 bits per heavy atom. The number of hydrogen-bond donors (Lipinski definition) is 2. The topological polar surface area (TPSA) is 79.9 Å². The highest BCUT2D eigenvalue weighted by molar-refractivity contribution is 5.88. The number of rotatable bonds is 6. The monoisotopic (exact) mass is 313 g/mol. The molecule has 0 spiro atoms. The quantitative estimate of drug-likeness (QED) is 0.647. The number of hydrogen-bond acceptors (Lipinski definition) is 5. The van der Waals surface area contributed by atoms with E-state index < -0.39 is 5.54 Å². The molecular weight excluding hydrogens is 286 g/mol. The molecule has 7 nitrogen and oxygen atoms in total. The van der Waals surface area contributed by atoms with Crippen molar-refractivity contribution < 1.29 is 19.1 Å². The van der Waals surface area contributed by atoms with Gasteiger partial charge in [-0.2, -0.15) is 0 Å². The number of nitrogens with one attached hydrogen (secondary N) is 2. The maximum atomic E-state index is 12.5. The summed E-state index contributed by atoms with van der Waals surface area (Å²) in [7, 11) is 3.26. The maximum Gasteiger partial charge on any atom is 0.240 e. The van der Waals surface area contributed by atoms with E-state index in [9.17, 15) is 9.59 Å². The fourth-order valence-corrected chi connectivity index (χ4v) is 3.53. The van der Waals surface area contributed by atoms with Crippen molar-refractivity contribution in [2.24, 2.45) is 0 Å². The summed E-state index contributed by atoms with van der Waals surface area (Å²) in [6.07, 6.45) is 2.99. The third-order valence-electron chi connectivity index (χ3n) is 4.68. The van der Waals surface area contributed by atoms with Crippen LogP contribution in [0.25, 0.3) is 0 Å². The fraction of sp³-hybridized carbons (Fsp3) is 0.867. The molecule has 0 aliphatic carbocycles. The molecule has 2 saturated heterocycles. The number of amides is 2. The van der Waals surface area contributed by atoms with Gasteiger partial charge in [0.25, 0.3) is 0 Å². The lowest BCUT2D eigenvalue weighted by atomic mass is 9.86. The molecule has 0 bridgehead atoms. The number of likely N-dealkylation sites (N-methyl/N-ethyl adjacent to an activating group) is 1. The molecule has 22 heavy (non-hydrogen) atoms. The van der Waals surface area contributed by atoms with Gasteiger partial charge in [0.2, 0.25) is 11.8 Å². The molecule has 0 unspecified atom stereocenters. The summed E-state index contributed by atoms with van der Waals surface area (Å²) in [4.78, 5) is 27.1. The van der Waals surface area contributed by atoms with Crippen LogP contribution in [0.2, 0.25) is 0 Å². The van der Waals surface area contributed by atoms with Crippen LogP contribution in [-0.2, 0) is 19.1 Å². The molecule has 2 amide bonds. The van der Waals surface area contributed by atoms with E-state index in [0.29, 0.717) is 39.2 Å². The molecule has 0 saturated carbocycles. The van der Waals surface area contributed by atoms with Crippen LogP contribution in [0, 0.1) is 0 Å². The van der Waals surface area contributed by atoms with Gasteiger partial charge in [0, 0.05) is 40.5 Å². The van der Waals surface area contributed by atoms with Crippen molar-refractivity contribution in [2.45, 2.75) is 37.3 Å². The number of ether oxygens (including phenoxy) is 2. The standard InChI is InChI=1S/C15H27N3O4/c1-16-14(20)15(5-9-22-10-6-15)18-8-3-4-12(18)13(19)17-7-11-21-2/h12H,3-11H2,1-2H3,(H,16,20)(H,17,19)/t12-/m0/s1. The molecule has 2 aliphatic rings. The molecule has 126 valence electrons. The smallest absolute Gasteiger partial charge is 0.240 e. The molecule has 2 heterocycles.